The molecule has 0 saturated carbocycles. The van der Waals surface area contributed by atoms with Crippen LogP contribution in [0.4, 0.5) is 0 Å². The number of aromatic nitrogens is 1. The fraction of sp³-hybridized carbons (Fsp3) is 0.200. The number of aliphatic imine (C=N–C) groups is 1. The van der Waals surface area contributed by atoms with E-state index in [1.807, 2.05) is 48.6 Å². The number of benzene rings is 1. The van der Waals surface area contributed by atoms with Gasteiger partial charge in [-0.1, -0.05) is 23.7 Å². The summed E-state index contributed by atoms with van der Waals surface area (Å²) in [5.74, 6) is 1.20. The summed E-state index contributed by atoms with van der Waals surface area (Å²) >= 11 is 6.08. The van der Waals surface area contributed by atoms with Crippen molar-refractivity contribution in [3.63, 3.8) is 0 Å². The molecule has 0 bridgehead atoms. The first-order chi connectivity index (χ1) is 13.1. The minimum Gasteiger partial charge on any atom is -0.497 e. The molecule has 1 aromatic heterocycles. The van der Waals surface area contributed by atoms with Crippen molar-refractivity contribution in [2.24, 2.45) is 4.99 Å². The van der Waals surface area contributed by atoms with Gasteiger partial charge in [0.2, 0.25) is 0 Å². The molecule has 0 unspecified atom stereocenters. The largest absolute Gasteiger partial charge is 0.497 e. The van der Waals surface area contributed by atoms with Crippen molar-refractivity contribution in [3.05, 3.63) is 70.7 Å². The van der Waals surface area contributed by atoms with Gasteiger partial charge in [0, 0.05) is 17.0 Å². The lowest BCUT2D eigenvalue weighted by atomic mass is 10.0. The molecule has 1 aliphatic heterocycles. The third-order valence-electron chi connectivity index (χ3n) is 4.06. The molecule has 140 valence electrons. The Morgan fingerprint density at radius 1 is 1.11 bits per heavy atom. The first kappa shape index (κ1) is 18.8. The van der Waals surface area contributed by atoms with Gasteiger partial charge in [0.15, 0.2) is 0 Å². The van der Waals surface area contributed by atoms with Crippen molar-refractivity contribution < 1.29 is 14.3 Å². The van der Waals surface area contributed by atoms with Gasteiger partial charge < -0.3 is 19.8 Å². The van der Waals surface area contributed by atoms with Crippen LogP contribution in [0.25, 0.3) is 5.57 Å². The Bertz CT molecular complexity index is 911. The van der Waals surface area contributed by atoms with Crippen LogP contribution in [0.5, 0.6) is 5.75 Å². The molecule has 27 heavy (non-hydrogen) atoms. The number of hydrogen-bond acceptors (Lipinski definition) is 4. The molecule has 3 rings (SSSR count). The minimum atomic E-state index is -0.281. The second-order valence-electron chi connectivity index (χ2n) is 5.79. The fourth-order valence-corrected chi connectivity index (χ4v) is 2.88. The van der Waals surface area contributed by atoms with Crippen LogP contribution in [0, 0.1) is 0 Å². The van der Waals surface area contributed by atoms with Crippen LogP contribution in [0.15, 0.2) is 59.2 Å². The zero-order valence-electron chi connectivity index (χ0n) is 15.1. The highest BCUT2D eigenvalue weighted by Crippen LogP contribution is 2.29. The molecule has 2 N–H and O–H groups in total. The van der Waals surface area contributed by atoms with Crippen LogP contribution < -0.4 is 10.1 Å². The van der Waals surface area contributed by atoms with Crippen LogP contribution >= 0.6 is 11.6 Å². The SMILES string of the molecule is COC(=O)CCN=C1C=C/C(=C(\c2ccc(OC)cc2)c2ccc(Cl)[nH]2)N1. The average molecular weight is 386 g/mol. The highest BCUT2D eigenvalue weighted by Gasteiger charge is 2.17. The van der Waals surface area contributed by atoms with E-state index in [9.17, 15) is 4.79 Å². The van der Waals surface area contributed by atoms with Gasteiger partial charge in [-0.25, -0.2) is 0 Å². The molecule has 1 aromatic carbocycles. The summed E-state index contributed by atoms with van der Waals surface area (Å²) in [5, 5.41) is 3.85. The number of rotatable bonds is 6. The Hall–Kier alpha value is -2.99. The number of nitrogens with zero attached hydrogens (tertiary/aromatic N) is 1. The maximum absolute atomic E-state index is 11.2. The van der Waals surface area contributed by atoms with Gasteiger partial charge in [0.05, 0.1) is 27.2 Å². The lowest BCUT2D eigenvalue weighted by Gasteiger charge is -2.12. The van der Waals surface area contributed by atoms with Crippen LogP contribution in [0.3, 0.4) is 0 Å². The lowest BCUT2D eigenvalue weighted by Crippen LogP contribution is -2.17. The zero-order valence-corrected chi connectivity index (χ0v) is 15.8. The maximum Gasteiger partial charge on any atom is 0.307 e. The smallest absolute Gasteiger partial charge is 0.307 e. The highest BCUT2D eigenvalue weighted by atomic mass is 35.5. The van der Waals surface area contributed by atoms with E-state index < -0.39 is 0 Å². The monoisotopic (exact) mass is 385 g/mol. The number of carbonyl (C=O) groups excluding carboxylic acids is 1. The first-order valence-electron chi connectivity index (χ1n) is 8.40. The molecule has 7 heteroatoms. The molecule has 0 aliphatic carbocycles. The third-order valence-corrected chi connectivity index (χ3v) is 4.28. The maximum atomic E-state index is 11.2. The molecular weight excluding hydrogens is 366 g/mol. The predicted octanol–water partition coefficient (Wildman–Crippen LogP) is 3.56. The summed E-state index contributed by atoms with van der Waals surface area (Å²) in [4.78, 5) is 18.8. The second-order valence-corrected chi connectivity index (χ2v) is 6.20. The average Bonchev–Trinajstić information content (AvgIpc) is 3.32. The third kappa shape index (κ3) is 4.60. The van der Waals surface area contributed by atoms with Gasteiger partial charge >= 0.3 is 5.97 Å². The number of halogens is 1. The summed E-state index contributed by atoms with van der Waals surface area (Å²) in [6.07, 6.45) is 4.07. The fourth-order valence-electron chi connectivity index (χ4n) is 2.72. The molecule has 2 aromatic rings. The topological polar surface area (TPSA) is 75.7 Å². The van der Waals surface area contributed by atoms with E-state index in [1.54, 1.807) is 7.11 Å². The van der Waals surface area contributed by atoms with Gasteiger partial charge in [-0.2, -0.15) is 0 Å². The molecule has 0 fully saturated rings. The highest BCUT2D eigenvalue weighted by molar-refractivity contribution is 6.29. The van der Waals surface area contributed by atoms with Gasteiger partial charge in [-0.15, -0.1) is 0 Å². The van der Waals surface area contributed by atoms with Gasteiger partial charge in [-0.3, -0.25) is 9.79 Å². The van der Waals surface area contributed by atoms with Crippen molar-refractivity contribution in [1.82, 2.24) is 10.3 Å². The first-order valence-corrected chi connectivity index (χ1v) is 8.78. The summed E-state index contributed by atoms with van der Waals surface area (Å²) in [6, 6.07) is 11.5. The molecule has 0 spiro atoms. The van der Waals surface area contributed by atoms with Gasteiger partial charge in [0.1, 0.15) is 16.7 Å². The lowest BCUT2D eigenvalue weighted by molar-refractivity contribution is -0.140. The molecule has 1 aliphatic rings. The summed E-state index contributed by atoms with van der Waals surface area (Å²) < 4.78 is 9.87. The normalized spacial score (nSPS) is 16.3. The quantitative estimate of drug-likeness (QED) is 0.745. The molecule has 0 amide bonds. The molecule has 0 radical (unpaired) electrons. The number of methoxy groups -OCH3 is 2. The predicted molar refractivity (Wildman–Crippen MR) is 106 cm³/mol. The second kappa shape index (κ2) is 8.60. The number of allylic oxidation sites excluding steroid dienone is 1. The molecular formula is C20H20ClN3O3. The molecule has 0 atom stereocenters. The van der Waals surface area contributed by atoms with E-state index in [2.05, 4.69) is 20.0 Å². The van der Waals surface area contributed by atoms with Crippen molar-refractivity contribution in [2.45, 2.75) is 6.42 Å². The van der Waals surface area contributed by atoms with Crippen LogP contribution in [0.2, 0.25) is 5.15 Å². The number of hydrogen-bond donors (Lipinski definition) is 2. The van der Waals surface area contributed by atoms with E-state index >= 15 is 0 Å². The van der Waals surface area contributed by atoms with E-state index in [0.717, 1.165) is 28.3 Å². The number of H-pyrrole nitrogens is 1. The summed E-state index contributed by atoms with van der Waals surface area (Å²) in [5.41, 5.74) is 3.72. The Labute approximate surface area is 162 Å². The van der Waals surface area contributed by atoms with E-state index in [0.29, 0.717) is 17.5 Å². The molecule has 2 heterocycles. The number of aromatic amines is 1. The van der Waals surface area contributed by atoms with Gasteiger partial charge in [-0.05, 0) is 42.0 Å². The van der Waals surface area contributed by atoms with Crippen LogP contribution in [-0.4, -0.2) is 37.6 Å². The minimum absolute atomic E-state index is 0.242. The zero-order chi connectivity index (χ0) is 19.2. The standard InChI is InChI=1S/C20H20ClN3O3/c1-26-14-5-3-13(4-6-14)20(15-7-9-17(21)23-15)16-8-10-18(24-16)22-12-11-19(25)27-2/h3-10,23H,11-12H2,1-2H3,(H,22,24)/b20-16-. The van der Waals surface area contributed by atoms with Crippen molar-refractivity contribution in [1.29, 1.82) is 0 Å². The van der Waals surface area contributed by atoms with E-state index in [4.69, 9.17) is 16.3 Å². The van der Waals surface area contributed by atoms with E-state index in [1.165, 1.54) is 7.11 Å². The van der Waals surface area contributed by atoms with Crippen LogP contribution in [-0.2, 0) is 9.53 Å². The molecule has 6 nitrogen and oxygen atoms in total. The van der Waals surface area contributed by atoms with Crippen molar-refractivity contribution in [2.75, 3.05) is 20.8 Å². The number of ether oxygens (including phenoxy) is 2. The number of carbonyl (C=O) groups is 1. The summed E-state index contributed by atoms with van der Waals surface area (Å²) in [7, 11) is 3.00. The van der Waals surface area contributed by atoms with Crippen molar-refractivity contribution in [3.8, 4) is 5.75 Å². The Morgan fingerprint density at radius 2 is 1.89 bits per heavy atom. The van der Waals surface area contributed by atoms with Gasteiger partial charge in [0.25, 0.3) is 0 Å². The Balaban J connectivity index is 1.90. The van der Waals surface area contributed by atoms with Crippen LogP contribution in [0.1, 0.15) is 17.7 Å². The van der Waals surface area contributed by atoms with E-state index in [-0.39, 0.29) is 12.4 Å². The summed E-state index contributed by atoms with van der Waals surface area (Å²) in [6.45, 7) is 0.360. The Morgan fingerprint density at radius 3 is 2.52 bits per heavy atom. The number of amidine groups is 1. The Kier molecular flexibility index (Phi) is 5.98. The number of esters is 1. The number of nitrogens with one attached hydrogen (secondary N) is 2. The van der Waals surface area contributed by atoms with Crippen molar-refractivity contribution >= 4 is 29.0 Å². The molecule has 0 saturated heterocycles.